The summed E-state index contributed by atoms with van der Waals surface area (Å²) in [6.07, 6.45) is 2.80. The molecule has 0 atom stereocenters. The van der Waals surface area contributed by atoms with E-state index in [-0.39, 0.29) is 10.2 Å². The molecule has 0 aliphatic carbocycles. The van der Waals surface area contributed by atoms with E-state index in [4.69, 9.17) is 11.6 Å². The molecule has 0 unspecified atom stereocenters. The van der Waals surface area contributed by atoms with Crippen LogP contribution in [0.15, 0.2) is 45.3 Å². The minimum Gasteiger partial charge on any atom is -0.261 e. The zero-order valence-electron chi connectivity index (χ0n) is 10.7. The Hall–Kier alpha value is -1.64. The number of halogens is 1. The summed E-state index contributed by atoms with van der Waals surface area (Å²) in [5.41, 5.74) is 0.560. The van der Waals surface area contributed by atoms with Crippen LogP contribution in [-0.4, -0.2) is 34.8 Å². The van der Waals surface area contributed by atoms with E-state index in [1.165, 1.54) is 18.0 Å². The minimum atomic E-state index is -3.20. The summed E-state index contributed by atoms with van der Waals surface area (Å²) in [5.74, 6) is 0. The lowest BCUT2D eigenvalue weighted by Crippen LogP contribution is -1.96. The minimum absolute atomic E-state index is 0.127. The monoisotopic (exact) mass is 340 g/mol. The van der Waals surface area contributed by atoms with E-state index in [1.54, 1.807) is 30.5 Å². The van der Waals surface area contributed by atoms with Gasteiger partial charge in [-0.3, -0.25) is 5.10 Å². The Kier molecular flexibility index (Phi) is 3.60. The van der Waals surface area contributed by atoms with E-state index >= 15 is 0 Å². The largest absolute Gasteiger partial charge is 0.261 e. The topological polar surface area (TPSA) is 88.6 Å². The highest BCUT2D eigenvalue weighted by atomic mass is 35.5. The van der Waals surface area contributed by atoms with Crippen molar-refractivity contribution in [2.24, 2.45) is 0 Å². The average Bonchev–Trinajstić information content (AvgIpc) is 2.86. The van der Waals surface area contributed by atoms with Crippen LogP contribution in [0.4, 0.5) is 0 Å². The van der Waals surface area contributed by atoms with Crippen molar-refractivity contribution in [3.63, 3.8) is 0 Å². The van der Waals surface area contributed by atoms with Gasteiger partial charge in [0.15, 0.2) is 15.5 Å². The highest BCUT2D eigenvalue weighted by Crippen LogP contribution is 2.32. The van der Waals surface area contributed by atoms with Crippen LogP contribution in [0.1, 0.15) is 0 Å². The number of fused-ring (bicyclic) bond motifs is 1. The quantitative estimate of drug-likeness (QED) is 0.582. The number of aromatic amines is 1. The van der Waals surface area contributed by atoms with Crippen molar-refractivity contribution in [2.75, 3.05) is 6.26 Å². The van der Waals surface area contributed by atoms with Gasteiger partial charge in [0, 0.05) is 11.2 Å². The van der Waals surface area contributed by atoms with Crippen LogP contribution in [-0.2, 0) is 9.84 Å². The lowest BCUT2D eigenvalue weighted by atomic mass is 10.4. The highest BCUT2D eigenvalue weighted by Gasteiger charge is 2.11. The molecule has 0 saturated heterocycles. The summed E-state index contributed by atoms with van der Waals surface area (Å²) in [6, 6.07) is 6.58. The molecule has 3 rings (SSSR count). The predicted molar refractivity (Wildman–Crippen MR) is 80.4 cm³/mol. The van der Waals surface area contributed by atoms with Gasteiger partial charge < -0.3 is 0 Å². The van der Waals surface area contributed by atoms with Gasteiger partial charge in [-0.1, -0.05) is 11.8 Å². The molecule has 0 spiro atoms. The van der Waals surface area contributed by atoms with Gasteiger partial charge in [0.2, 0.25) is 5.28 Å². The average molecular weight is 341 g/mol. The van der Waals surface area contributed by atoms with Crippen molar-refractivity contribution in [1.29, 1.82) is 0 Å². The van der Waals surface area contributed by atoms with Crippen molar-refractivity contribution in [1.82, 2.24) is 20.2 Å². The molecule has 0 bridgehead atoms. The van der Waals surface area contributed by atoms with Gasteiger partial charge in [-0.15, -0.1) is 0 Å². The van der Waals surface area contributed by atoms with Crippen molar-refractivity contribution in [3.8, 4) is 0 Å². The summed E-state index contributed by atoms with van der Waals surface area (Å²) in [4.78, 5) is 9.33. The molecule has 1 aromatic carbocycles. The summed E-state index contributed by atoms with van der Waals surface area (Å²) in [6.45, 7) is 0. The first-order valence-corrected chi connectivity index (χ1v) is 8.87. The van der Waals surface area contributed by atoms with E-state index in [0.717, 1.165) is 10.3 Å². The standard InChI is InChI=1S/C12H9ClN4O2S2/c1-21(18,19)8-4-2-7(3-5-8)20-11-9-6-14-17-10(9)15-12(13)16-11/h2-6H,1H3,(H,14,15,16,17). The first kappa shape index (κ1) is 14.3. The third kappa shape index (κ3) is 3.02. The molecule has 2 heterocycles. The lowest BCUT2D eigenvalue weighted by molar-refractivity contribution is 0.602. The number of hydrogen-bond donors (Lipinski definition) is 1. The number of benzene rings is 1. The molecule has 0 fully saturated rings. The van der Waals surface area contributed by atoms with Gasteiger partial charge in [-0.2, -0.15) is 10.1 Å². The molecule has 0 radical (unpaired) electrons. The van der Waals surface area contributed by atoms with E-state index in [9.17, 15) is 8.42 Å². The van der Waals surface area contributed by atoms with Crippen LogP contribution < -0.4 is 0 Å². The van der Waals surface area contributed by atoms with E-state index in [0.29, 0.717) is 10.7 Å². The summed E-state index contributed by atoms with van der Waals surface area (Å²) in [5, 5.41) is 8.20. The molecule has 1 N–H and O–H groups in total. The molecule has 0 aliphatic heterocycles. The maximum atomic E-state index is 11.4. The Morgan fingerprint density at radius 2 is 1.90 bits per heavy atom. The summed E-state index contributed by atoms with van der Waals surface area (Å²) in [7, 11) is -3.20. The molecule has 6 nitrogen and oxygen atoms in total. The van der Waals surface area contributed by atoms with Crippen LogP contribution in [0.5, 0.6) is 0 Å². The van der Waals surface area contributed by atoms with Crippen LogP contribution >= 0.6 is 23.4 Å². The molecule has 3 aromatic rings. The number of rotatable bonds is 3. The number of nitrogens with zero attached hydrogens (tertiary/aromatic N) is 3. The second-order valence-corrected chi connectivity index (χ2v) is 7.69. The normalized spacial score (nSPS) is 11.9. The maximum Gasteiger partial charge on any atom is 0.225 e. The zero-order chi connectivity index (χ0) is 15.0. The molecular formula is C12H9ClN4O2S2. The molecule has 0 aliphatic rings. The molecule has 9 heteroatoms. The third-order valence-electron chi connectivity index (χ3n) is 2.71. The number of nitrogens with one attached hydrogen (secondary N) is 1. The highest BCUT2D eigenvalue weighted by molar-refractivity contribution is 7.99. The Bertz CT molecular complexity index is 907. The Morgan fingerprint density at radius 1 is 1.19 bits per heavy atom. The number of sulfone groups is 1. The molecule has 108 valence electrons. The van der Waals surface area contributed by atoms with Crippen molar-refractivity contribution >= 4 is 44.2 Å². The molecule has 2 aromatic heterocycles. The molecule has 21 heavy (non-hydrogen) atoms. The lowest BCUT2D eigenvalue weighted by Gasteiger charge is -2.04. The maximum absolute atomic E-state index is 11.4. The van der Waals surface area contributed by atoms with Crippen molar-refractivity contribution < 1.29 is 8.42 Å². The van der Waals surface area contributed by atoms with Gasteiger partial charge in [-0.25, -0.2) is 13.4 Å². The fraction of sp³-hybridized carbons (Fsp3) is 0.0833. The van der Waals surface area contributed by atoms with Crippen LogP contribution in [0.25, 0.3) is 11.0 Å². The number of hydrogen-bond acceptors (Lipinski definition) is 6. The van der Waals surface area contributed by atoms with Gasteiger partial charge in [0.1, 0.15) is 5.03 Å². The van der Waals surface area contributed by atoms with Gasteiger partial charge in [0.05, 0.1) is 16.5 Å². The number of H-pyrrole nitrogens is 1. The first-order chi connectivity index (χ1) is 9.93. The van der Waals surface area contributed by atoms with Crippen LogP contribution in [0, 0.1) is 0 Å². The van der Waals surface area contributed by atoms with Crippen molar-refractivity contribution in [3.05, 3.63) is 35.7 Å². The van der Waals surface area contributed by atoms with Crippen molar-refractivity contribution in [2.45, 2.75) is 14.8 Å². The zero-order valence-corrected chi connectivity index (χ0v) is 13.1. The van der Waals surface area contributed by atoms with Crippen LogP contribution in [0.3, 0.4) is 0 Å². The Morgan fingerprint density at radius 3 is 2.57 bits per heavy atom. The van der Waals surface area contributed by atoms with E-state index in [2.05, 4.69) is 20.2 Å². The van der Waals surface area contributed by atoms with E-state index in [1.807, 2.05) is 0 Å². The van der Waals surface area contributed by atoms with Crippen LogP contribution in [0.2, 0.25) is 5.28 Å². The fourth-order valence-electron chi connectivity index (χ4n) is 1.73. The fourth-order valence-corrected chi connectivity index (χ4v) is 3.46. The summed E-state index contributed by atoms with van der Waals surface area (Å²) >= 11 is 7.23. The number of aromatic nitrogens is 4. The molecule has 0 saturated carbocycles. The van der Waals surface area contributed by atoms with Gasteiger partial charge in [0.25, 0.3) is 0 Å². The SMILES string of the molecule is CS(=O)(=O)c1ccc(Sc2nc(Cl)nc3[nH]ncc23)cc1. The second-order valence-electron chi connectivity index (χ2n) is 4.28. The van der Waals surface area contributed by atoms with Gasteiger partial charge in [-0.05, 0) is 35.9 Å². The Balaban J connectivity index is 1.97. The molecule has 0 amide bonds. The van der Waals surface area contributed by atoms with Gasteiger partial charge >= 0.3 is 0 Å². The third-order valence-corrected chi connectivity index (χ3v) is 5.02. The smallest absolute Gasteiger partial charge is 0.225 e. The van der Waals surface area contributed by atoms with E-state index < -0.39 is 9.84 Å². The second kappa shape index (κ2) is 5.28. The Labute approximate surface area is 129 Å². The first-order valence-electron chi connectivity index (χ1n) is 5.78. The summed E-state index contributed by atoms with van der Waals surface area (Å²) < 4.78 is 22.9. The predicted octanol–water partition coefficient (Wildman–Crippen LogP) is 2.56. The molecular weight excluding hydrogens is 332 g/mol.